The third-order valence-electron chi connectivity index (χ3n) is 3.15. The van der Waals surface area contributed by atoms with Crippen LogP contribution in [0.1, 0.15) is 53.4 Å². The lowest BCUT2D eigenvalue weighted by atomic mass is 9.79. The third kappa shape index (κ3) is 6.91. The first-order valence-electron chi connectivity index (χ1n) is 7.20. The molecule has 122 valence electrons. The van der Waals surface area contributed by atoms with Crippen LogP contribution < -0.4 is 10.0 Å². The van der Waals surface area contributed by atoms with Crippen molar-refractivity contribution in [3.05, 3.63) is 0 Å². The number of carbonyl (C=O) groups is 1. The van der Waals surface area contributed by atoms with Crippen LogP contribution in [-0.4, -0.2) is 32.7 Å². The number of rotatable bonds is 9. The van der Waals surface area contributed by atoms with E-state index in [0.717, 1.165) is 19.1 Å². The largest absolute Gasteiger partial charge is 0.353 e. The van der Waals surface area contributed by atoms with E-state index in [0.29, 0.717) is 12.8 Å². The minimum atomic E-state index is -3.36. The Bertz CT molecular complexity index is 486. The average molecular weight is 317 g/mol. The van der Waals surface area contributed by atoms with Gasteiger partial charge in [-0.25, -0.2) is 13.1 Å². The van der Waals surface area contributed by atoms with Gasteiger partial charge < -0.3 is 5.32 Å². The highest BCUT2D eigenvalue weighted by atomic mass is 32.2. The number of hydrogen-bond donors (Lipinski definition) is 2. The van der Waals surface area contributed by atoms with Crippen LogP contribution in [0.3, 0.4) is 0 Å². The molecule has 0 heterocycles. The Hall–Kier alpha value is -1.13. The van der Waals surface area contributed by atoms with E-state index >= 15 is 0 Å². The summed E-state index contributed by atoms with van der Waals surface area (Å²) in [7, 11) is -3.36. The molecule has 0 fully saturated rings. The average Bonchev–Trinajstić information content (AvgIpc) is 2.32. The van der Waals surface area contributed by atoms with E-state index in [1.54, 1.807) is 13.8 Å². The van der Waals surface area contributed by atoms with Gasteiger partial charge in [-0.15, -0.1) is 0 Å². The molecule has 6 nitrogen and oxygen atoms in total. The van der Waals surface area contributed by atoms with Gasteiger partial charge in [-0.2, -0.15) is 5.26 Å². The second-order valence-corrected chi connectivity index (χ2v) is 7.88. The summed E-state index contributed by atoms with van der Waals surface area (Å²) < 4.78 is 25.0. The minimum Gasteiger partial charge on any atom is -0.353 e. The number of nitrogens with one attached hydrogen (secondary N) is 2. The van der Waals surface area contributed by atoms with Crippen molar-refractivity contribution in [1.82, 2.24) is 10.0 Å². The van der Waals surface area contributed by atoms with Crippen LogP contribution >= 0.6 is 0 Å². The summed E-state index contributed by atoms with van der Waals surface area (Å²) in [6.07, 6.45) is 3.56. The van der Waals surface area contributed by atoms with Crippen LogP contribution in [0.25, 0.3) is 0 Å². The molecule has 0 aromatic heterocycles. The SMILES string of the molecule is CCCC(C#N)(CCC)C(=O)NCC(C)(C)NS(C)(=O)=O. The fraction of sp³-hybridized carbons (Fsp3) is 0.857. The highest BCUT2D eigenvalue weighted by molar-refractivity contribution is 7.88. The zero-order valence-corrected chi connectivity index (χ0v) is 14.4. The summed E-state index contributed by atoms with van der Waals surface area (Å²) in [6, 6.07) is 2.15. The van der Waals surface area contributed by atoms with Crippen molar-refractivity contribution >= 4 is 15.9 Å². The smallest absolute Gasteiger partial charge is 0.240 e. The predicted molar refractivity (Wildman–Crippen MR) is 82.9 cm³/mol. The molecule has 0 saturated heterocycles. The van der Waals surface area contributed by atoms with Gasteiger partial charge in [0.1, 0.15) is 5.41 Å². The lowest BCUT2D eigenvalue weighted by Gasteiger charge is -2.29. The molecule has 7 heteroatoms. The van der Waals surface area contributed by atoms with Crippen LogP contribution in [0.5, 0.6) is 0 Å². The summed E-state index contributed by atoms with van der Waals surface area (Å²) in [5.41, 5.74) is -1.83. The number of nitrogens with zero attached hydrogens (tertiary/aromatic N) is 1. The van der Waals surface area contributed by atoms with Crippen LogP contribution in [0.15, 0.2) is 0 Å². The first kappa shape index (κ1) is 19.9. The van der Waals surface area contributed by atoms with Gasteiger partial charge in [0.25, 0.3) is 0 Å². The van der Waals surface area contributed by atoms with Crippen molar-refractivity contribution in [2.45, 2.75) is 58.9 Å². The Morgan fingerprint density at radius 1 is 1.19 bits per heavy atom. The first-order chi connectivity index (χ1) is 9.52. The molecule has 0 aliphatic carbocycles. The molecule has 0 aliphatic rings. The molecule has 2 N–H and O–H groups in total. The summed E-state index contributed by atoms with van der Waals surface area (Å²) in [6.45, 7) is 7.37. The summed E-state index contributed by atoms with van der Waals surface area (Å²) in [5, 5.41) is 12.1. The van der Waals surface area contributed by atoms with Gasteiger partial charge in [-0.3, -0.25) is 4.79 Å². The standard InChI is InChI=1S/C14H27N3O3S/c1-6-8-14(10-15,9-7-2)12(18)16-11-13(3,4)17-21(5,19)20/h17H,6-9,11H2,1-5H3,(H,16,18). The van der Waals surface area contributed by atoms with Gasteiger partial charge in [-0.1, -0.05) is 26.7 Å². The molecular weight excluding hydrogens is 290 g/mol. The highest BCUT2D eigenvalue weighted by Gasteiger charge is 2.37. The van der Waals surface area contributed by atoms with E-state index in [9.17, 15) is 18.5 Å². The van der Waals surface area contributed by atoms with Gasteiger partial charge in [-0.05, 0) is 26.7 Å². The lowest BCUT2D eigenvalue weighted by molar-refractivity contribution is -0.129. The Morgan fingerprint density at radius 2 is 1.67 bits per heavy atom. The van der Waals surface area contributed by atoms with Crippen molar-refractivity contribution in [1.29, 1.82) is 5.26 Å². The van der Waals surface area contributed by atoms with E-state index in [4.69, 9.17) is 0 Å². The lowest BCUT2D eigenvalue weighted by Crippen LogP contribution is -2.53. The molecule has 0 bridgehead atoms. The number of hydrogen-bond acceptors (Lipinski definition) is 4. The molecule has 0 atom stereocenters. The zero-order chi connectivity index (χ0) is 16.7. The van der Waals surface area contributed by atoms with Gasteiger partial charge >= 0.3 is 0 Å². The minimum absolute atomic E-state index is 0.135. The van der Waals surface area contributed by atoms with Crippen molar-refractivity contribution < 1.29 is 13.2 Å². The Labute approximate surface area is 128 Å². The van der Waals surface area contributed by atoms with Gasteiger partial charge in [0.05, 0.1) is 12.3 Å². The molecule has 1 amide bonds. The number of carbonyl (C=O) groups excluding carboxylic acids is 1. The third-order valence-corrected chi connectivity index (χ3v) is 4.08. The van der Waals surface area contributed by atoms with Crippen LogP contribution in [0.2, 0.25) is 0 Å². The molecular formula is C14H27N3O3S. The maximum atomic E-state index is 12.4. The highest BCUT2D eigenvalue weighted by Crippen LogP contribution is 2.29. The molecule has 0 radical (unpaired) electrons. The van der Waals surface area contributed by atoms with Crippen LogP contribution in [0, 0.1) is 16.7 Å². The fourth-order valence-corrected chi connectivity index (χ4v) is 3.45. The van der Waals surface area contributed by atoms with Crippen molar-refractivity contribution in [2.75, 3.05) is 12.8 Å². The van der Waals surface area contributed by atoms with Crippen LogP contribution in [0.4, 0.5) is 0 Å². The van der Waals surface area contributed by atoms with Gasteiger partial charge in [0, 0.05) is 12.1 Å². The van der Waals surface area contributed by atoms with Crippen molar-refractivity contribution in [2.24, 2.45) is 5.41 Å². The molecule has 21 heavy (non-hydrogen) atoms. The number of amides is 1. The molecule has 0 aliphatic heterocycles. The Balaban J connectivity index is 4.90. The fourth-order valence-electron chi connectivity index (χ4n) is 2.38. The maximum absolute atomic E-state index is 12.4. The zero-order valence-electron chi connectivity index (χ0n) is 13.6. The van der Waals surface area contributed by atoms with Gasteiger partial charge in [0.2, 0.25) is 15.9 Å². The molecule has 0 spiro atoms. The summed E-state index contributed by atoms with van der Waals surface area (Å²) in [5.74, 6) is -0.322. The van der Waals surface area contributed by atoms with E-state index < -0.39 is 21.0 Å². The number of sulfonamides is 1. The molecule has 0 unspecified atom stereocenters. The summed E-state index contributed by atoms with van der Waals surface area (Å²) >= 11 is 0. The van der Waals surface area contributed by atoms with Crippen LogP contribution in [-0.2, 0) is 14.8 Å². The molecule has 0 aromatic rings. The molecule has 0 saturated carbocycles. The van der Waals surface area contributed by atoms with Crippen molar-refractivity contribution in [3.8, 4) is 6.07 Å². The van der Waals surface area contributed by atoms with Gasteiger partial charge in [0.15, 0.2) is 0 Å². The summed E-state index contributed by atoms with van der Waals surface area (Å²) in [4.78, 5) is 12.4. The monoisotopic (exact) mass is 317 g/mol. The Morgan fingerprint density at radius 3 is 2.00 bits per heavy atom. The molecule has 0 rings (SSSR count). The normalized spacial score (nSPS) is 12.8. The van der Waals surface area contributed by atoms with Crippen molar-refractivity contribution in [3.63, 3.8) is 0 Å². The predicted octanol–water partition coefficient (Wildman–Crippen LogP) is 1.54. The van der Waals surface area contributed by atoms with E-state index in [1.165, 1.54) is 0 Å². The second-order valence-electron chi connectivity index (χ2n) is 6.13. The topological polar surface area (TPSA) is 99.1 Å². The first-order valence-corrected chi connectivity index (χ1v) is 9.09. The molecule has 0 aromatic carbocycles. The van der Waals surface area contributed by atoms with E-state index in [-0.39, 0.29) is 12.5 Å². The second kappa shape index (κ2) is 7.76. The quantitative estimate of drug-likeness (QED) is 0.674. The van der Waals surface area contributed by atoms with E-state index in [2.05, 4.69) is 16.1 Å². The maximum Gasteiger partial charge on any atom is 0.240 e. The van der Waals surface area contributed by atoms with E-state index in [1.807, 2.05) is 13.8 Å². The Kier molecular flexibility index (Phi) is 7.34. The number of nitriles is 1.